The highest BCUT2D eigenvalue weighted by molar-refractivity contribution is 5.86. The summed E-state index contributed by atoms with van der Waals surface area (Å²) in [4.78, 5) is 28.5. The van der Waals surface area contributed by atoms with Crippen LogP contribution >= 0.6 is 0 Å². The van der Waals surface area contributed by atoms with E-state index in [2.05, 4.69) is 11.0 Å². The van der Waals surface area contributed by atoms with E-state index in [-0.39, 0.29) is 19.1 Å². The quantitative estimate of drug-likeness (QED) is 0.327. The SMILES string of the molecule is COC(=O)C[C@](O)(CCCCC(C)(C)O)C(=O)O[C@@H]1C(OC)=C[C@]23CCCN2CCc2cc4c(cc2[C@H]13)OCO4. The normalized spacial score (nSPS) is 26.6. The number of fused-ring (bicyclic) bond motifs is 3. The molecule has 40 heavy (non-hydrogen) atoms. The van der Waals surface area contributed by atoms with E-state index in [0.717, 1.165) is 43.5 Å². The lowest BCUT2D eigenvalue weighted by Crippen LogP contribution is -2.49. The molecule has 0 saturated carbocycles. The first-order valence-electron chi connectivity index (χ1n) is 14.2. The molecular weight excluding hydrogens is 518 g/mol. The number of unbranched alkanes of at least 4 members (excludes halogenated alkanes) is 1. The third-order valence-electron chi connectivity index (χ3n) is 8.87. The van der Waals surface area contributed by atoms with Gasteiger partial charge in [-0.05, 0) is 88.3 Å². The van der Waals surface area contributed by atoms with Gasteiger partial charge in [0.2, 0.25) is 6.79 Å². The lowest BCUT2D eigenvalue weighted by atomic mass is 9.77. The Morgan fingerprint density at radius 2 is 1.82 bits per heavy atom. The van der Waals surface area contributed by atoms with E-state index < -0.39 is 41.2 Å². The average molecular weight is 560 g/mol. The maximum absolute atomic E-state index is 13.8. The summed E-state index contributed by atoms with van der Waals surface area (Å²) in [5.41, 5.74) is -1.25. The van der Waals surface area contributed by atoms with Crippen LogP contribution in [0.25, 0.3) is 0 Å². The van der Waals surface area contributed by atoms with Crippen molar-refractivity contribution in [2.45, 2.75) is 94.0 Å². The highest BCUT2D eigenvalue weighted by Crippen LogP contribution is 2.55. The van der Waals surface area contributed by atoms with Crippen molar-refractivity contribution in [3.8, 4) is 11.5 Å². The summed E-state index contributed by atoms with van der Waals surface area (Å²) >= 11 is 0. The number of rotatable bonds is 10. The van der Waals surface area contributed by atoms with Gasteiger partial charge in [0.15, 0.2) is 23.2 Å². The Bertz CT molecular complexity index is 1170. The molecule has 10 nitrogen and oxygen atoms in total. The zero-order valence-corrected chi connectivity index (χ0v) is 23.9. The zero-order valence-electron chi connectivity index (χ0n) is 23.9. The molecule has 0 bridgehead atoms. The molecule has 3 aliphatic heterocycles. The number of ether oxygens (including phenoxy) is 5. The number of hydrogen-bond acceptors (Lipinski definition) is 10. The van der Waals surface area contributed by atoms with Gasteiger partial charge in [-0.1, -0.05) is 6.42 Å². The largest absolute Gasteiger partial charge is 0.497 e. The predicted octanol–water partition coefficient (Wildman–Crippen LogP) is 2.97. The van der Waals surface area contributed by atoms with Gasteiger partial charge in [0.05, 0.1) is 37.7 Å². The smallest absolute Gasteiger partial charge is 0.339 e. The van der Waals surface area contributed by atoms with Gasteiger partial charge in [0.1, 0.15) is 5.76 Å². The van der Waals surface area contributed by atoms with Crippen molar-refractivity contribution in [2.24, 2.45) is 0 Å². The number of benzene rings is 1. The first-order chi connectivity index (χ1) is 19.0. The van der Waals surface area contributed by atoms with E-state index >= 15 is 0 Å². The van der Waals surface area contributed by atoms with Gasteiger partial charge >= 0.3 is 11.9 Å². The van der Waals surface area contributed by atoms with Crippen LogP contribution in [0.1, 0.15) is 75.8 Å². The van der Waals surface area contributed by atoms with Crippen LogP contribution in [-0.2, 0) is 30.2 Å². The van der Waals surface area contributed by atoms with Crippen LogP contribution in [0, 0.1) is 0 Å². The fraction of sp³-hybridized carbons (Fsp3) is 0.667. The summed E-state index contributed by atoms with van der Waals surface area (Å²) in [7, 11) is 2.78. The number of carbonyl (C=O) groups is 2. The molecule has 0 radical (unpaired) electrons. The minimum absolute atomic E-state index is 0.00697. The minimum Gasteiger partial charge on any atom is -0.497 e. The van der Waals surface area contributed by atoms with E-state index in [1.807, 2.05) is 12.1 Å². The molecule has 220 valence electrons. The topological polar surface area (TPSA) is 124 Å². The Kier molecular flexibility index (Phi) is 7.80. The van der Waals surface area contributed by atoms with Gasteiger partial charge in [-0.3, -0.25) is 9.69 Å². The van der Waals surface area contributed by atoms with Crippen LogP contribution in [0.15, 0.2) is 24.0 Å². The molecule has 1 aliphatic carbocycles. The molecule has 1 aromatic rings. The summed E-state index contributed by atoms with van der Waals surface area (Å²) in [5, 5.41) is 21.6. The van der Waals surface area contributed by atoms with Gasteiger partial charge in [0, 0.05) is 6.54 Å². The van der Waals surface area contributed by atoms with Crippen LogP contribution < -0.4 is 9.47 Å². The van der Waals surface area contributed by atoms with E-state index in [9.17, 15) is 19.8 Å². The molecule has 5 rings (SSSR count). The molecule has 4 aliphatic rings. The molecule has 0 aromatic heterocycles. The fourth-order valence-corrected chi connectivity index (χ4v) is 6.87. The molecule has 0 amide bonds. The maximum Gasteiger partial charge on any atom is 0.339 e. The van der Waals surface area contributed by atoms with Crippen LogP contribution in [0.2, 0.25) is 0 Å². The van der Waals surface area contributed by atoms with Gasteiger partial charge in [0.25, 0.3) is 0 Å². The molecule has 1 aromatic carbocycles. The van der Waals surface area contributed by atoms with Gasteiger partial charge in [-0.15, -0.1) is 0 Å². The summed E-state index contributed by atoms with van der Waals surface area (Å²) in [6.45, 7) is 5.33. The molecule has 3 heterocycles. The van der Waals surface area contributed by atoms with Crippen LogP contribution in [-0.4, -0.2) is 84.0 Å². The molecule has 1 fully saturated rings. The number of methoxy groups -OCH3 is 2. The first-order valence-corrected chi connectivity index (χ1v) is 14.2. The van der Waals surface area contributed by atoms with Crippen molar-refractivity contribution in [2.75, 3.05) is 34.1 Å². The lowest BCUT2D eigenvalue weighted by molar-refractivity contribution is -0.178. The van der Waals surface area contributed by atoms with E-state index in [4.69, 9.17) is 23.7 Å². The third-order valence-corrected chi connectivity index (χ3v) is 8.87. The monoisotopic (exact) mass is 559 g/mol. The second-order valence-electron chi connectivity index (χ2n) is 12.1. The van der Waals surface area contributed by atoms with Crippen molar-refractivity contribution < 1.29 is 43.5 Å². The number of esters is 2. The molecule has 0 unspecified atom stereocenters. The van der Waals surface area contributed by atoms with Crippen molar-refractivity contribution >= 4 is 11.9 Å². The predicted molar refractivity (Wildman–Crippen MR) is 144 cm³/mol. The van der Waals surface area contributed by atoms with Crippen molar-refractivity contribution in [3.63, 3.8) is 0 Å². The van der Waals surface area contributed by atoms with Gasteiger partial charge in [-0.25, -0.2) is 4.79 Å². The summed E-state index contributed by atoms with van der Waals surface area (Å²) in [6.07, 6.45) is 4.89. The van der Waals surface area contributed by atoms with Gasteiger partial charge < -0.3 is 33.9 Å². The standard InChI is InChI=1S/C30H41NO9/c1-28(2,34)9-5-6-11-30(35,17-24(32)37-4)27(33)40-26-23(36-3)16-29-10-7-12-31(29)13-8-19-14-21-22(39-18-38-21)15-20(19)25(26)29/h14-16,25-26,34-35H,5-13,17-18H2,1-4H3/t25-,26-,29+,30-/m1/s1. The van der Waals surface area contributed by atoms with E-state index in [1.54, 1.807) is 21.0 Å². The molecule has 2 N–H and O–H groups in total. The number of hydrogen-bond donors (Lipinski definition) is 2. The Morgan fingerprint density at radius 1 is 1.10 bits per heavy atom. The van der Waals surface area contributed by atoms with Crippen LogP contribution in [0.4, 0.5) is 0 Å². The second-order valence-corrected chi connectivity index (χ2v) is 12.1. The fourth-order valence-electron chi connectivity index (χ4n) is 6.87. The Hall–Kier alpha value is -2.82. The summed E-state index contributed by atoms with van der Waals surface area (Å²) in [5.74, 6) is 0.00545. The Morgan fingerprint density at radius 3 is 2.52 bits per heavy atom. The summed E-state index contributed by atoms with van der Waals surface area (Å²) in [6, 6.07) is 4.02. The molecular formula is C30H41NO9. The maximum atomic E-state index is 13.8. The van der Waals surface area contributed by atoms with E-state index in [0.29, 0.717) is 36.5 Å². The average Bonchev–Trinajstić information content (AvgIpc) is 3.59. The minimum atomic E-state index is -2.08. The van der Waals surface area contributed by atoms with Gasteiger partial charge in [-0.2, -0.15) is 0 Å². The lowest BCUT2D eigenvalue weighted by Gasteiger charge is -2.39. The number of carbonyl (C=O) groups excluding carboxylic acids is 2. The Balaban J connectivity index is 1.47. The van der Waals surface area contributed by atoms with Crippen molar-refractivity contribution in [1.29, 1.82) is 0 Å². The molecule has 1 spiro atoms. The third kappa shape index (κ3) is 5.29. The summed E-state index contributed by atoms with van der Waals surface area (Å²) < 4.78 is 28.2. The van der Waals surface area contributed by atoms with Crippen LogP contribution in [0.3, 0.4) is 0 Å². The van der Waals surface area contributed by atoms with Crippen molar-refractivity contribution in [1.82, 2.24) is 4.90 Å². The zero-order chi connectivity index (χ0) is 28.7. The Labute approximate surface area is 235 Å². The first kappa shape index (κ1) is 28.7. The molecule has 4 atom stereocenters. The number of aliphatic hydroxyl groups is 2. The highest BCUT2D eigenvalue weighted by Gasteiger charge is 2.59. The molecule has 1 saturated heterocycles. The second kappa shape index (κ2) is 10.9. The van der Waals surface area contributed by atoms with Crippen LogP contribution in [0.5, 0.6) is 11.5 Å². The highest BCUT2D eigenvalue weighted by atomic mass is 16.7. The number of nitrogens with zero attached hydrogens (tertiary/aromatic N) is 1. The molecule has 10 heteroatoms. The van der Waals surface area contributed by atoms with E-state index in [1.165, 1.54) is 7.11 Å². The van der Waals surface area contributed by atoms with Crippen molar-refractivity contribution in [3.05, 3.63) is 35.1 Å².